The van der Waals surface area contributed by atoms with Gasteiger partial charge < -0.3 is 10.2 Å². The molecule has 3 heteroatoms. The first-order chi connectivity index (χ1) is 10.1. The van der Waals surface area contributed by atoms with Gasteiger partial charge in [0.05, 0.1) is 6.04 Å². The molecule has 3 nitrogen and oxygen atoms in total. The van der Waals surface area contributed by atoms with Crippen molar-refractivity contribution in [2.24, 2.45) is 0 Å². The van der Waals surface area contributed by atoms with Crippen molar-refractivity contribution in [3.05, 3.63) is 36.5 Å². The molecule has 1 heterocycles. The van der Waals surface area contributed by atoms with Gasteiger partial charge in [-0.1, -0.05) is 44.7 Å². The molecular weight excluding hydrogens is 260 g/mol. The van der Waals surface area contributed by atoms with Crippen LogP contribution in [0.3, 0.4) is 0 Å². The fraction of sp³-hybridized carbons (Fsp3) is 0.611. The molecule has 0 aromatic heterocycles. The zero-order valence-corrected chi connectivity index (χ0v) is 13.8. The van der Waals surface area contributed by atoms with Gasteiger partial charge in [0.15, 0.2) is 0 Å². The molecule has 21 heavy (non-hydrogen) atoms. The third-order valence-corrected chi connectivity index (χ3v) is 3.71. The van der Waals surface area contributed by atoms with Crippen LogP contribution in [-0.2, 0) is 4.79 Å². The molecule has 0 aromatic carbocycles. The van der Waals surface area contributed by atoms with Crippen LogP contribution in [0.25, 0.3) is 0 Å². The van der Waals surface area contributed by atoms with Crippen LogP contribution in [0.5, 0.6) is 0 Å². The molecule has 0 radical (unpaired) electrons. The maximum Gasteiger partial charge on any atom is 0.240 e. The van der Waals surface area contributed by atoms with Crippen molar-refractivity contribution in [1.82, 2.24) is 10.2 Å². The van der Waals surface area contributed by atoms with Crippen molar-refractivity contribution in [3.8, 4) is 0 Å². The highest BCUT2D eigenvalue weighted by Crippen LogP contribution is 2.15. The molecule has 118 valence electrons. The summed E-state index contributed by atoms with van der Waals surface area (Å²) in [5, 5.41) is 3.41. The van der Waals surface area contributed by atoms with Crippen LogP contribution in [0.15, 0.2) is 36.5 Å². The van der Waals surface area contributed by atoms with Crippen LogP contribution in [0.4, 0.5) is 0 Å². The Kier molecular flexibility index (Phi) is 8.06. The van der Waals surface area contributed by atoms with Gasteiger partial charge in [-0.15, -0.1) is 0 Å². The van der Waals surface area contributed by atoms with Gasteiger partial charge in [0, 0.05) is 19.1 Å². The summed E-state index contributed by atoms with van der Waals surface area (Å²) in [6, 6.07) is 0.133. The molecule has 1 aliphatic heterocycles. The van der Waals surface area contributed by atoms with Crippen molar-refractivity contribution < 1.29 is 4.79 Å². The minimum atomic E-state index is -0.155. The number of rotatable bonds is 7. The lowest BCUT2D eigenvalue weighted by Gasteiger charge is -2.31. The second-order valence-corrected chi connectivity index (χ2v) is 5.94. The van der Waals surface area contributed by atoms with Crippen molar-refractivity contribution >= 4 is 5.91 Å². The number of amides is 1. The minimum Gasteiger partial charge on any atom is -0.341 e. The Morgan fingerprint density at radius 3 is 2.48 bits per heavy atom. The average molecular weight is 290 g/mol. The Labute approximate surface area is 129 Å². The number of carbonyl (C=O) groups excluding carboxylic acids is 1. The predicted molar refractivity (Wildman–Crippen MR) is 90.2 cm³/mol. The van der Waals surface area contributed by atoms with Crippen molar-refractivity contribution in [2.45, 2.75) is 58.5 Å². The Morgan fingerprint density at radius 1 is 1.29 bits per heavy atom. The van der Waals surface area contributed by atoms with Crippen LogP contribution in [0.2, 0.25) is 0 Å². The highest BCUT2D eigenvalue weighted by Gasteiger charge is 2.26. The highest BCUT2D eigenvalue weighted by molar-refractivity contribution is 5.82. The van der Waals surface area contributed by atoms with E-state index >= 15 is 0 Å². The van der Waals surface area contributed by atoms with E-state index in [-0.39, 0.29) is 18.0 Å². The fourth-order valence-corrected chi connectivity index (χ4v) is 2.63. The zero-order valence-electron chi connectivity index (χ0n) is 13.8. The van der Waals surface area contributed by atoms with Crippen LogP contribution in [-0.4, -0.2) is 36.0 Å². The molecule has 1 saturated heterocycles. The molecule has 0 aromatic rings. The SMILES string of the molecule is C=C/C(=C\C=C/C)CC(NC(C)C)C(=O)N1CCCCC1. The van der Waals surface area contributed by atoms with E-state index in [0.29, 0.717) is 6.42 Å². The molecule has 1 amide bonds. The third kappa shape index (κ3) is 6.30. The fourth-order valence-electron chi connectivity index (χ4n) is 2.63. The quantitative estimate of drug-likeness (QED) is 0.728. The summed E-state index contributed by atoms with van der Waals surface area (Å²) < 4.78 is 0. The Bertz CT molecular complexity index is 390. The Morgan fingerprint density at radius 2 is 1.95 bits per heavy atom. The van der Waals surface area contributed by atoms with Gasteiger partial charge in [-0.3, -0.25) is 4.79 Å². The van der Waals surface area contributed by atoms with Gasteiger partial charge in [-0.25, -0.2) is 0 Å². The van der Waals surface area contributed by atoms with E-state index < -0.39 is 0 Å². The summed E-state index contributed by atoms with van der Waals surface area (Å²) in [4.78, 5) is 14.8. The maximum atomic E-state index is 12.7. The lowest BCUT2D eigenvalue weighted by Crippen LogP contribution is -2.50. The number of likely N-dealkylation sites (tertiary alicyclic amines) is 1. The molecule has 1 N–H and O–H groups in total. The lowest BCUT2D eigenvalue weighted by atomic mass is 10.0. The monoisotopic (exact) mass is 290 g/mol. The van der Waals surface area contributed by atoms with Crippen molar-refractivity contribution in [2.75, 3.05) is 13.1 Å². The van der Waals surface area contributed by atoms with Crippen molar-refractivity contribution in [3.63, 3.8) is 0 Å². The summed E-state index contributed by atoms with van der Waals surface area (Å²) in [5.41, 5.74) is 1.09. The Balaban J connectivity index is 2.78. The number of carbonyl (C=O) groups is 1. The minimum absolute atomic E-state index is 0.155. The van der Waals surface area contributed by atoms with Crippen LogP contribution in [0.1, 0.15) is 46.5 Å². The smallest absolute Gasteiger partial charge is 0.240 e. The largest absolute Gasteiger partial charge is 0.341 e. The summed E-state index contributed by atoms with van der Waals surface area (Å²) in [7, 11) is 0. The van der Waals surface area contributed by atoms with E-state index in [2.05, 4.69) is 25.7 Å². The first kappa shape index (κ1) is 17.7. The third-order valence-electron chi connectivity index (χ3n) is 3.71. The second kappa shape index (κ2) is 9.56. The van der Waals surface area contributed by atoms with Crippen LogP contribution in [0, 0.1) is 0 Å². The number of nitrogens with zero attached hydrogens (tertiary/aromatic N) is 1. The number of piperidine rings is 1. The summed E-state index contributed by atoms with van der Waals surface area (Å²) in [5.74, 6) is 0.233. The molecule has 0 bridgehead atoms. The topological polar surface area (TPSA) is 32.3 Å². The maximum absolute atomic E-state index is 12.7. The normalized spacial score (nSPS) is 18.3. The summed E-state index contributed by atoms with van der Waals surface area (Å²) >= 11 is 0. The van der Waals surface area contributed by atoms with E-state index in [1.165, 1.54) is 6.42 Å². The van der Waals surface area contributed by atoms with Crippen molar-refractivity contribution in [1.29, 1.82) is 0 Å². The summed E-state index contributed by atoms with van der Waals surface area (Å²) in [6.07, 6.45) is 12.1. The zero-order chi connectivity index (χ0) is 15.7. The van der Waals surface area contributed by atoms with Gasteiger partial charge >= 0.3 is 0 Å². The molecule has 1 rings (SSSR count). The number of allylic oxidation sites excluding steroid dienone is 4. The Hall–Kier alpha value is -1.35. The van der Waals surface area contributed by atoms with E-state index in [1.807, 2.05) is 36.1 Å². The van der Waals surface area contributed by atoms with Gasteiger partial charge in [-0.2, -0.15) is 0 Å². The number of hydrogen-bond acceptors (Lipinski definition) is 2. The van der Waals surface area contributed by atoms with Crippen LogP contribution < -0.4 is 5.32 Å². The van der Waals surface area contributed by atoms with Gasteiger partial charge in [-0.05, 0) is 38.2 Å². The predicted octanol–water partition coefficient (Wildman–Crippen LogP) is 3.44. The molecule has 1 atom stereocenters. The highest BCUT2D eigenvalue weighted by atomic mass is 16.2. The van der Waals surface area contributed by atoms with E-state index in [9.17, 15) is 4.79 Å². The molecule has 0 aliphatic carbocycles. The molecular formula is C18H30N2O. The second-order valence-electron chi connectivity index (χ2n) is 5.94. The molecule has 1 unspecified atom stereocenters. The summed E-state index contributed by atoms with van der Waals surface area (Å²) in [6.45, 7) is 11.8. The first-order valence-electron chi connectivity index (χ1n) is 8.07. The molecule has 1 fully saturated rings. The van der Waals surface area contributed by atoms with Gasteiger partial charge in [0.1, 0.15) is 0 Å². The lowest BCUT2D eigenvalue weighted by molar-refractivity contribution is -0.134. The van der Waals surface area contributed by atoms with E-state index in [4.69, 9.17) is 0 Å². The van der Waals surface area contributed by atoms with Crippen LogP contribution >= 0.6 is 0 Å². The molecule has 0 saturated carbocycles. The van der Waals surface area contributed by atoms with Gasteiger partial charge in [0.2, 0.25) is 5.91 Å². The number of nitrogens with one attached hydrogen (secondary N) is 1. The molecule has 1 aliphatic rings. The van der Waals surface area contributed by atoms with E-state index in [0.717, 1.165) is 31.5 Å². The average Bonchev–Trinajstić information content (AvgIpc) is 2.50. The van der Waals surface area contributed by atoms with E-state index in [1.54, 1.807) is 0 Å². The number of hydrogen-bond donors (Lipinski definition) is 1. The van der Waals surface area contributed by atoms with Gasteiger partial charge in [0.25, 0.3) is 0 Å². The molecule has 0 spiro atoms. The first-order valence-corrected chi connectivity index (χ1v) is 8.07. The standard InChI is InChI=1S/C18H30N2O/c1-5-7-11-16(6-2)14-17(19-15(3)4)18(21)20-12-9-8-10-13-20/h5-7,11,15,17,19H,2,8-10,12-14H2,1,3-4H3/b7-5-,16-11+.